The summed E-state index contributed by atoms with van der Waals surface area (Å²) in [6, 6.07) is 0. The van der Waals surface area contributed by atoms with Crippen molar-refractivity contribution in [3.63, 3.8) is 0 Å². The zero-order valence-corrected chi connectivity index (χ0v) is 7.53. The molecule has 0 unspecified atom stereocenters. The van der Waals surface area contributed by atoms with Crippen molar-refractivity contribution in [2.24, 2.45) is 5.73 Å². The minimum absolute atomic E-state index is 0.316. The Morgan fingerprint density at radius 1 is 1.67 bits per heavy atom. The predicted molar refractivity (Wildman–Crippen MR) is 42.6 cm³/mol. The summed E-state index contributed by atoms with van der Waals surface area (Å²) in [7, 11) is 1.47. The Bertz CT molecular complexity index is 157. The number of nitrogens with two attached hydrogens (primary N) is 1. The van der Waals surface area contributed by atoms with E-state index in [1.807, 2.05) is 0 Å². The van der Waals surface area contributed by atoms with Crippen LogP contribution < -0.4 is 5.73 Å². The first kappa shape index (κ1) is 11.2. The van der Waals surface area contributed by atoms with Gasteiger partial charge < -0.3 is 20.3 Å². The molecule has 5 nitrogen and oxygen atoms in total. The van der Waals surface area contributed by atoms with Crippen molar-refractivity contribution >= 4 is 6.09 Å². The number of carbonyl (C=O) groups excluding carboxylic acids is 1. The van der Waals surface area contributed by atoms with Gasteiger partial charge in [-0.15, -0.1) is 0 Å². The van der Waals surface area contributed by atoms with Gasteiger partial charge in [0.05, 0.1) is 6.61 Å². The summed E-state index contributed by atoms with van der Waals surface area (Å²) in [5.74, 6) is 0. The molecule has 0 aliphatic rings. The van der Waals surface area contributed by atoms with Crippen molar-refractivity contribution in [1.29, 1.82) is 0 Å². The van der Waals surface area contributed by atoms with Crippen molar-refractivity contribution in [3.8, 4) is 0 Å². The van der Waals surface area contributed by atoms with Crippen LogP contribution in [0.25, 0.3) is 0 Å². The molecule has 0 aliphatic heterocycles. The molecular weight excluding hydrogens is 162 g/mol. The number of methoxy groups -OCH3 is 1. The predicted octanol–water partition coefficient (Wildman–Crippen LogP) is -0.132. The summed E-state index contributed by atoms with van der Waals surface area (Å²) < 4.78 is 9.62. The number of ether oxygens (including phenoxy) is 2. The molecule has 0 spiro atoms. The number of aliphatic hydroxyl groups excluding tert-OH is 1. The van der Waals surface area contributed by atoms with Gasteiger partial charge in [-0.2, -0.15) is 0 Å². The monoisotopic (exact) mass is 177 g/mol. The average Bonchev–Trinajstić information content (AvgIpc) is 1.99. The summed E-state index contributed by atoms with van der Waals surface area (Å²) in [5.41, 5.74) is 4.06. The third-order valence-electron chi connectivity index (χ3n) is 1.73. The minimum Gasteiger partial charge on any atom is -0.441 e. The van der Waals surface area contributed by atoms with Crippen LogP contribution in [-0.2, 0) is 9.47 Å². The summed E-state index contributed by atoms with van der Waals surface area (Å²) >= 11 is 0. The number of carbonyl (C=O) groups is 1. The van der Waals surface area contributed by atoms with Crippen LogP contribution in [-0.4, -0.2) is 36.6 Å². The van der Waals surface area contributed by atoms with E-state index in [2.05, 4.69) is 4.74 Å². The number of aliphatic hydroxyl groups is 1. The normalized spacial score (nSPS) is 14.0. The highest BCUT2D eigenvalue weighted by Crippen LogP contribution is 2.16. The molecule has 0 heterocycles. The van der Waals surface area contributed by atoms with Crippen LogP contribution in [0.15, 0.2) is 0 Å². The molecule has 0 saturated carbocycles. The fourth-order valence-electron chi connectivity index (χ4n) is 0.671. The second-order valence-electron chi connectivity index (χ2n) is 2.92. The number of hydrogen-bond donors (Lipinski definition) is 2. The molecule has 0 rings (SSSR count). The van der Waals surface area contributed by atoms with Gasteiger partial charge in [-0.05, 0) is 13.8 Å². The van der Waals surface area contributed by atoms with Gasteiger partial charge in [-0.1, -0.05) is 0 Å². The van der Waals surface area contributed by atoms with E-state index in [0.717, 1.165) is 0 Å². The first-order valence-electron chi connectivity index (χ1n) is 3.56. The molecule has 0 aromatic rings. The molecule has 3 N–H and O–H groups in total. The van der Waals surface area contributed by atoms with E-state index in [4.69, 9.17) is 15.6 Å². The summed E-state index contributed by atoms with van der Waals surface area (Å²) in [6.45, 7) is 3.07. The van der Waals surface area contributed by atoms with Gasteiger partial charge in [-0.25, -0.2) is 4.79 Å². The molecule has 0 aliphatic carbocycles. The Morgan fingerprint density at radius 2 is 2.17 bits per heavy atom. The van der Waals surface area contributed by atoms with E-state index in [1.165, 1.54) is 7.11 Å². The van der Waals surface area contributed by atoms with Crippen molar-refractivity contribution in [2.45, 2.75) is 25.6 Å². The van der Waals surface area contributed by atoms with E-state index >= 15 is 0 Å². The van der Waals surface area contributed by atoms with Crippen molar-refractivity contribution in [3.05, 3.63) is 0 Å². The maximum absolute atomic E-state index is 10.4. The molecule has 1 amide bonds. The average molecular weight is 177 g/mol. The quantitative estimate of drug-likeness (QED) is 0.626. The Balaban J connectivity index is 4.23. The topological polar surface area (TPSA) is 81.8 Å². The van der Waals surface area contributed by atoms with Crippen LogP contribution in [0.1, 0.15) is 13.8 Å². The van der Waals surface area contributed by atoms with Gasteiger partial charge in [0.1, 0.15) is 5.60 Å². The first-order chi connectivity index (χ1) is 5.44. The maximum atomic E-state index is 10.4. The zero-order chi connectivity index (χ0) is 9.78. The molecule has 0 aromatic heterocycles. The van der Waals surface area contributed by atoms with Gasteiger partial charge in [0, 0.05) is 7.11 Å². The SMILES string of the molecule is COC(C)(C)[C@H](CO)OC(N)=O. The van der Waals surface area contributed by atoms with Gasteiger partial charge in [-0.3, -0.25) is 0 Å². The highest BCUT2D eigenvalue weighted by Gasteiger charge is 2.31. The Labute approximate surface area is 71.5 Å². The van der Waals surface area contributed by atoms with E-state index in [-0.39, 0.29) is 6.61 Å². The van der Waals surface area contributed by atoms with Gasteiger partial charge in [0.2, 0.25) is 0 Å². The third kappa shape index (κ3) is 3.06. The smallest absolute Gasteiger partial charge is 0.404 e. The molecule has 12 heavy (non-hydrogen) atoms. The Kier molecular flexibility index (Phi) is 3.99. The lowest BCUT2D eigenvalue weighted by atomic mass is 10.0. The lowest BCUT2D eigenvalue weighted by Gasteiger charge is -2.30. The lowest BCUT2D eigenvalue weighted by molar-refractivity contribution is -0.0973. The van der Waals surface area contributed by atoms with Crippen LogP contribution in [0.3, 0.4) is 0 Å². The molecule has 0 bridgehead atoms. The van der Waals surface area contributed by atoms with E-state index < -0.39 is 17.8 Å². The van der Waals surface area contributed by atoms with E-state index in [0.29, 0.717) is 0 Å². The molecule has 1 atom stereocenters. The summed E-state index contributed by atoms with van der Waals surface area (Å²) in [5, 5.41) is 8.83. The molecule has 72 valence electrons. The lowest BCUT2D eigenvalue weighted by Crippen LogP contribution is -2.44. The number of primary amides is 1. The zero-order valence-electron chi connectivity index (χ0n) is 7.53. The summed E-state index contributed by atoms with van der Waals surface area (Å²) in [6.07, 6.45) is -1.65. The number of hydrogen-bond acceptors (Lipinski definition) is 4. The van der Waals surface area contributed by atoms with Gasteiger partial charge >= 0.3 is 6.09 Å². The maximum Gasteiger partial charge on any atom is 0.404 e. The standard InChI is InChI=1S/C7H15NO4/c1-7(2,11-3)5(4-9)12-6(8)10/h5,9H,4H2,1-3H3,(H2,8,10)/t5-/m0/s1. The highest BCUT2D eigenvalue weighted by molar-refractivity contribution is 5.64. The van der Waals surface area contributed by atoms with Gasteiger partial charge in [0.15, 0.2) is 6.10 Å². The molecule has 0 radical (unpaired) electrons. The van der Waals surface area contributed by atoms with E-state index in [1.54, 1.807) is 13.8 Å². The number of rotatable bonds is 4. The fourth-order valence-corrected chi connectivity index (χ4v) is 0.671. The van der Waals surface area contributed by atoms with E-state index in [9.17, 15) is 4.79 Å². The van der Waals surface area contributed by atoms with Crippen LogP contribution in [0.4, 0.5) is 4.79 Å². The van der Waals surface area contributed by atoms with Crippen LogP contribution in [0.2, 0.25) is 0 Å². The van der Waals surface area contributed by atoms with Crippen molar-refractivity contribution in [2.75, 3.05) is 13.7 Å². The number of amides is 1. The largest absolute Gasteiger partial charge is 0.441 e. The van der Waals surface area contributed by atoms with Crippen LogP contribution in [0, 0.1) is 0 Å². The molecule has 5 heteroatoms. The Hall–Kier alpha value is -0.810. The van der Waals surface area contributed by atoms with Crippen molar-refractivity contribution < 1.29 is 19.4 Å². The fraction of sp³-hybridized carbons (Fsp3) is 0.857. The van der Waals surface area contributed by atoms with Crippen LogP contribution in [0.5, 0.6) is 0 Å². The molecular formula is C7H15NO4. The van der Waals surface area contributed by atoms with Crippen molar-refractivity contribution in [1.82, 2.24) is 0 Å². The second-order valence-corrected chi connectivity index (χ2v) is 2.92. The summed E-state index contributed by atoms with van der Waals surface area (Å²) in [4.78, 5) is 10.4. The first-order valence-corrected chi connectivity index (χ1v) is 3.56. The Morgan fingerprint density at radius 3 is 2.42 bits per heavy atom. The molecule has 0 saturated heterocycles. The van der Waals surface area contributed by atoms with Crippen LogP contribution >= 0.6 is 0 Å². The second kappa shape index (κ2) is 4.27. The van der Waals surface area contributed by atoms with Gasteiger partial charge in [0.25, 0.3) is 0 Å². The third-order valence-corrected chi connectivity index (χ3v) is 1.73. The molecule has 0 fully saturated rings. The molecule has 0 aromatic carbocycles. The highest BCUT2D eigenvalue weighted by atomic mass is 16.6. The minimum atomic E-state index is -0.917.